The lowest BCUT2D eigenvalue weighted by atomic mass is 9.95. The fraction of sp³-hybridized carbons (Fsp3) is 0.500. The van der Waals surface area contributed by atoms with Gasteiger partial charge < -0.3 is 14.2 Å². The van der Waals surface area contributed by atoms with Crippen LogP contribution >= 0.6 is 0 Å². The van der Waals surface area contributed by atoms with Gasteiger partial charge in [-0.05, 0) is 29.7 Å². The number of hydrogen-bond acceptors (Lipinski definition) is 3. The van der Waals surface area contributed by atoms with Crippen LogP contribution in [0, 0.1) is 0 Å². The van der Waals surface area contributed by atoms with E-state index in [-0.39, 0.29) is 6.10 Å². The maximum atomic E-state index is 5.76. The Bertz CT molecular complexity index is 426. The van der Waals surface area contributed by atoms with Gasteiger partial charge >= 0.3 is 0 Å². The van der Waals surface area contributed by atoms with E-state index in [0.29, 0.717) is 13.2 Å². The molecule has 1 atom stereocenters. The highest BCUT2D eigenvalue weighted by molar-refractivity contribution is 5.59. The van der Waals surface area contributed by atoms with E-state index >= 15 is 0 Å². The summed E-state index contributed by atoms with van der Waals surface area (Å²) in [6.07, 6.45) is 6.49. The van der Waals surface area contributed by atoms with E-state index in [1.165, 1.54) is 11.1 Å². The monoisotopic (exact) mass is 262 g/mol. The summed E-state index contributed by atoms with van der Waals surface area (Å²) >= 11 is 0. The first kappa shape index (κ1) is 14.1. The van der Waals surface area contributed by atoms with E-state index in [1.807, 2.05) is 6.07 Å². The molecule has 1 aliphatic carbocycles. The van der Waals surface area contributed by atoms with Crippen molar-refractivity contribution in [3.8, 4) is 5.75 Å². The van der Waals surface area contributed by atoms with Crippen LogP contribution in [0.1, 0.15) is 24.5 Å². The Morgan fingerprint density at radius 3 is 2.89 bits per heavy atom. The Morgan fingerprint density at radius 1 is 1.21 bits per heavy atom. The number of hydrogen-bond donors (Lipinski definition) is 0. The Morgan fingerprint density at radius 2 is 2.11 bits per heavy atom. The van der Waals surface area contributed by atoms with Gasteiger partial charge in [0.15, 0.2) is 0 Å². The molecule has 2 rings (SSSR count). The molecule has 1 aromatic rings. The zero-order valence-corrected chi connectivity index (χ0v) is 11.7. The van der Waals surface area contributed by atoms with E-state index < -0.39 is 0 Å². The molecular weight excluding hydrogens is 240 g/mol. The number of benzene rings is 1. The number of rotatable bonds is 7. The second-order valence-corrected chi connectivity index (χ2v) is 4.67. The first-order chi connectivity index (χ1) is 9.33. The molecule has 0 radical (unpaired) electrons. The molecule has 0 aromatic heterocycles. The lowest BCUT2D eigenvalue weighted by Gasteiger charge is -2.20. The van der Waals surface area contributed by atoms with Gasteiger partial charge in [0.25, 0.3) is 0 Å². The van der Waals surface area contributed by atoms with Gasteiger partial charge in [-0.15, -0.1) is 0 Å². The van der Waals surface area contributed by atoms with Crippen molar-refractivity contribution >= 4 is 6.08 Å². The summed E-state index contributed by atoms with van der Waals surface area (Å²) < 4.78 is 16.4. The average molecular weight is 262 g/mol. The van der Waals surface area contributed by atoms with Crippen molar-refractivity contribution in [3.63, 3.8) is 0 Å². The second kappa shape index (κ2) is 7.31. The molecule has 1 aromatic carbocycles. The quantitative estimate of drug-likeness (QED) is 0.707. The van der Waals surface area contributed by atoms with Crippen molar-refractivity contribution in [2.24, 2.45) is 0 Å². The van der Waals surface area contributed by atoms with Crippen LogP contribution < -0.4 is 4.74 Å². The fourth-order valence-corrected chi connectivity index (χ4v) is 2.13. The van der Waals surface area contributed by atoms with Gasteiger partial charge in [0.05, 0.1) is 12.7 Å². The van der Waals surface area contributed by atoms with E-state index in [2.05, 4.69) is 31.2 Å². The zero-order chi connectivity index (χ0) is 13.5. The topological polar surface area (TPSA) is 27.7 Å². The Balaban J connectivity index is 1.96. The standard InChI is InChI=1S/C16H22O3/c1-3-8-18-15-6-4-14-12-16(19-10-9-17-2)7-5-13(14)11-15/h4-7,12,15H,3,8-11H2,1-2H3. The molecule has 1 unspecified atom stereocenters. The number of fused-ring (bicyclic) bond motifs is 1. The second-order valence-electron chi connectivity index (χ2n) is 4.67. The van der Waals surface area contributed by atoms with Crippen molar-refractivity contribution in [2.75, 3.05) is 26.9 Å². The smallest absolute Gasteiger partial charge is 0.120 e. The molecule has 0 aliphatic heterocycles. The maximum absolute atomic E-state index is 5.76. The Kier molecular flexibility index (Phi) is 5.43. The number of methoxy groups -OCH3 is 1. The largest absolute Gasteiger partial charge is 0.491 e. The first-order valence-electron chi connectivity index (χ1n) is 6.88. The van der Waals surface area contributed by atoms with Crippen molar-refractivity contribution in [2.45, 2.75) is 25.9 Å². The van der Waals surface area contributed by atoms with E-state index in [9.17, 15) is 0 Å². The van der Waals surface area contributed by atoms with Gasteiger partial charge in [0, 0.05) is 20.1 Å². The van der Waals surface area contributed by atoms with Crippen LogP contribution in [0.2, 0.25) is 0 Å². The van der Waals surface area contributed by atoms with E-state index in [0.717, 1.165) is 25.2 Å². The maximum Gasteiger partial charge on any atom is 0.120 e. The molecule has 0 amide bonds. The molecule has 0 fully saturated rings. The Labute approximate surface area is 115 Å². The molecule has 104 valence electrons. The molecule has 1 aliphatic rings. The first-order valence-corrected chi connectivity index (χ1v) is 6.88. The highest BCUT2D eigenvalue weighted by Crippen LogP contribution is 2.25. The molecule has 0 saturated carbocycles. The van der Waals surface area contributed by atoms with Crippen LogP contribution in [0.25, 0.3) is 6.08 Å². The predicted molar refractivity (Wildman–Crippen MR) is 76.6 cm³/mol. The van der Waals surface area contributed by atoms with Crippen LogP contribution in [0.15, 0.2) is 24.3 Å². The van der Waals surface area contributed by atoms with Gasteiger partial charge in [0.1, 0.15) is 12.4 Å². The van der Waals surface area contributed by atoms with Gasteiger partial charge in [0.2, 0.25) is 0 Å². The molecule has 0 spiro atoms. The predicted octanol–water partition coefficient (Wildman–Crippen LogP) is 3.08. The zero-order valence-electron chi connectivity index (χ0n) is 11.7. The minimum atomic E-state index is 0.215. The summed E-state index contributed by atoms with van der Waals surface area (Å²) in [6.45, 7) is 4.15. The third-order valence-electron chi connectivity index (χ3n) is 3.12. The van der Waals surface area contributed by atoms with Crippen molar-refractivity contribution in [1.82, 2.24) is 0 Å². The van der Waals surface area contributed by atoms with Crippen LogP contribution in [0.3, 0.4) is 0 Å². The third kappa shape index (κ3) is 4.08. The SMILES string of the molecule is CCCOC1C=Cc2cc(OCCOC)ccc2C1. The van der Waals surface area contributed by atoms with Crippen LogP contribution in [0.4, 0.5) is 0 Å². The molecule has 0 bridgehead atoms. The fourth-order valence-electron chi connectivity index (χ4n) is 2.13. The molecule has 0 saturated heterocycles. The molecular formula is C16H22O3. The summed E-state index contributed by atoms with van der Waals surface area (Å²) in [5.41, 5.74) is 2.55. The lowest BCUT2D eigenvalue weighted by Crippen LogP contribution is -2.17. The highest BCUT2D eigenvalue weighted by Gasteiger charge is 2.14. The summed E-state index contributed by atoms with van der Waals surface area (Å²) in [5.74, 6) is 0.897. The number of ether oxygens (including phenoxy) is 3. The van der Waals surface area contributed by atoms with Gasteiger partial charge in [-0.25, -0.2) is 0 Å². The van der Waals surface area contributed by atoms with Crippen LogP contribution in [-0.4, -0.2) is 33.0 Å². The van der Waals surface area contributed by atoms with Crippen molar-refractivity contribution in [1.29, 1.82) is 0 Å². The van der Waals surface area contributed by atoms with E-state index in [4.69, 9.17) is 14.2 Å². The minimum Gasteiger partial charge on any atom is -0.491 e. The van der Waals surface area contributed by atoms with Gasteiger partial charge in [-0.3, -0.25) is 0 Å². The lowest BCUT2D eigenvalue weighted by molar-refractivity contribution is 0.0856. The summed E-state index contributed by atoms with van der Waals surface area (Å²) in [4.78, 5) is 0. The van der Waals surface area contributed by atoms with Crippen molar-refractivity contribution < 1.29 is 14.2 Å². The summed E-state index contributed by atoms with van der Waals surface area (Å²) in [5, 5.41) is 0. The molecule has 0 heterocycles. The summed E-state index contributed by atoms with van der Waals surface area (Å²) in [7, 11) is 1.68. The Hall–Kier alpha value is -1.32. The highest BCUT2D eigenvalue weighted by atomic mass is 16.5. The molecule has 19 heavy (non-hydrogen) atoms. The molecule has 0 N–H and O–H groups in total. The van der Waals surface area contributed by atoms with Gasteiger partial charge in [-0.1, -0.05) is 25.1 Å². The molecule has 3 nitrogen and oxygen atoms in total. The average Bonchev–Trinajstić information content (AvgIpc) is 2.45. The van der Waals surface area contributed by atoms with Crippen LogP contribution in [-0.2, 0) is 15.9 Å². The molecule has 3 heteroatoms. The van der Waals surface area contributed by atoms with Crippen LogP contribution in [0.5, 0.6) is 5.75 Å². The van der Waals surface area contributed by atoms with Crippen molar-refractivity contribution in [3.05, 3.63) is 35.4 Å². The van der Waals surface area contributed by atoms with E-state index in [1.54, 1.807) is 7.11 Å². The third-order valence-corrected chi connectivity index (χ3v) is 3.12. The van der Waals surface area contributed by atoms with Gasteiger partial charge in [-0.2, -0.15) is 0 Å². The minimum absolute atomic E-state index is 0.215. The summed E-state index contributed by atoms with van der Waals surface area (Å²) in [6, 6.07) is 6.23. The normalized spacial score (nSPS) is 17.3.